The van der Waals surface area contributed by atoms with Gasteiger partial charge in [-0.2, -0.15) is 0 Å². The largest absolute Gasteiger partial charge is 0.491 e. The van der Waals surface area contributed by atoms with Crippen molar-refractivity contribution in [3.05, 3.63) is 42.5 Å². The SMILES string of the molecule is CNC(COc1cccc2ccccc12)C(N)=O. The summed E-state index contributed by atoms with van der Waals surface area (Å²) in [6.07, 6.45) is 0. The van der Waals surface area contributed by atoms with E-state index in [0.717, 1.165) is 16.5 Å². The summed E-state index contributed by atoms with van der Waals surface area (Å²) in [6, 6.07) is 13.3. The number of hydrogen-bond acceptors (Lipinski definition) is 3. The molecule has 4 nitrogen and oxygen atoms in total. The van der Waals surface area contributed by atoms with Gasteiger partial charge in [-0.3, -0.25) is 4.79 Å². The molecular weight excluding hydrogens is 228 g/mol. The summed E-state index contributed by atoms with van der Waals surface area (Å²) in [6.45, 7) is 0.222. The van der Waals surface area contributed by atoms with Crippen molar-refractivity contribution in [3.8, 4) is 5.75 Å². The summed E-state index contributed by atoms with van der Waals surface area (Å²) in [5.74, 6) is 0.340. The lowest BCUT2D eigenvalue weighted by atomic mass is 10.1. The topological polar surface area (TPSA) is 64.3 Å². The first-order chi connectivity index (χ1) is 8.72. The fourth-order valence-electron chi connectivity index (χ4n) is 1.80. The molecule has 0 aliphatic heterocycles. The zero-order valence-electron chi connectivity index (χ0n) is 10.2. The molecule has 2 aromatic carbocycles. The molecule has 4 heteroatoms. The Kier molecular flexibility index (Phi) is 3.79. The van der Waals surface area contributed by atoms with Crippen molar-refractivity contribution in [1.82, 2.24) is 5.32 Å². The van der Waals surface area contributed by atoms with Crippen molar-refractivity contribution in [2.75, 3.05) is 13.7 Å². The molecule has 1 unspecified atom stereocenters. The first kappa shape index (κ1) is 12.4. The summed E-state index contributed by atoms with van der Waals surface area (Å²) in [7, 11) is 1.68. The number of likely N-dealkylation sites (N-methyl/N-ethyl adjacent to an activating group) is 1. The Balaban J connectivity index is 2.19. The molecule has 18 heavy (non-hydrogen) atoms. The molecule has 0 fully saturated rings. The van der Waals surface area contributed by atoms with Gasteiger partial charge in [-0.1, -0.05) is 36.4 Å². The van der Waals surface area contributed by atoms with Crippen LogP contribution in [0.25, 0.3) is 10.8 Å². The highest BCUT2D eigenvalue weighted by atomic mass is 16.5. The fourth-order valence-corrected chi connectivity index (χ4v) is 1.80. The number of carbonyl (C=O) groups is 1. The maximum Gasteiger partial charge on any atom is 0.238 e. The second-order valence-electron chi connectivity index (χ2n) is 4.03. The van der Waals surface area contributed by atoms with Gasteiger partial charge in [-0.05, 0) is 18.5 Å². The highest BCUT2D eigenvalue weighted by Crippen LogP contribution is 2.25. The molecule has 1 atom stereocenters. The summed E-state index contributed by atoms with van der Waals surface area (Å²) in [5.41, 5.74) is 5.24. The molecule has 0 heterocycles. The first-order valence-electron chi connectivity index (χ1n) is 5.79. The monoisotopic (exact) mass is 244 g/mol. The predicted molar refractivity (Wildman–Crippen MR) is 71.5 cm³/mol. The maximum atomic E-state index is 11.1. The van der Waals surface area contributed by atoms with E-state index in [4.69, 9.17) is 10.5 Å². The van der Waals surface area contributed by atoms with E-state index in [1.165, 1.54) is 0 Å². The molecule has 2 rings (SSSR count). The highest BCUT2D eigenvalue weighted by Gasteiger charge is 2.13. The van der Waals surface area contributed by atoms with Crippen molar-refractivity contribution in [2.24, 2.45) is 5.73 Å². The van der Waals surface area contributed by atoms with E-state index in [1.54, 1.807) is 7.05 Å². The number of nitrogens with two attached hydrogens (primary N) is 1. The van der Waals surface area contributed by atoms with Gasteiger partial charge in [0.05, 0.1) is 0 Å². The molecule has 94 valence electrons. The van der Waals surface area contributed by atoms with Crippen LogP contribution in [-0.2, 0) is 4.79 Å². The Morgan fingerprint density at radius 2 is 2.00 bits per heavy atom. The molecular formula is C14H16N2O2. The number of rotatable bonds is 5. The quantitative estimate of drug-likeness (QED) is 0.833. The van der Waals surface area contributed by atoms with Gasteiger partial charge >= 0.3 is 0 Å². The van der Waals surface area contributed by atoms with E-state index in [2.05, 4.69) is 5.32 Å². The first-order valence-corrected chi connectivity index (χ1v) is 5.79. The van der Waals surface area contributed by atoms with Crippen LogP contribution in [0.4, 0.5) is 0 Å². The number of benzene rings is 2. The molecule has 2 aromatic rings. The smallest absolute Gasteiger partial charge is 0.238 e. The van der Waals surface area contributed by atoms with E-state index in [1.807, 2.05) is 42.5 Å². The summed E-state index contributed by atoms with van der Waals surface area (Å²) >= 11 is 0. The Labute approximate surface area is 106 Å². The number of amides is 1. The van der Waals surface area contributed by atoms with Crippen LogP contribution in [0, 0.1) is 0 Å². The van der Waals surface area contributed by atoms with E-state index in [-0.39, 0.29) is 6.61 Å². The minimum absolute atomic E-state index is 0.222. The minimum Gasteiger partial charge on any atom is -0.491 e. The molecule has 0 spiro atoms. The van der Waals surface area contributed by atoms with Gasteiger partial charge in [0.25, 0.3) is 0 Å². The number of fused-ring (bicyclic) bond motifs is 1. The molecule has 1 amide bonds. The molecule has 0 saturated carbocycles. The third-order valence-electron chi connectivity index (χ3n) is 2.85. The fraction of sp³-hybridized carbons (Fsp3) is 0.214. The lowest BCUT2D eigenvalue weighted by Crippen LogP contribution is -2.43. The van der Waals surface area contributed by atoms with Crippen molar-refractivity contribution in [3.63, 3.8) is 0 Å². The van der Waals surface area contributed by atoms with Crippen LogP contribution in [0.5, 0.6) is 5.75 Å². The lowest BCUT2D eigenvalue weighted by Gasteiger charge is -2.14. The minimum atomic E-state index is -0.482. The molecule has 3 N–H and O–H groups in total. The standard InChI is InChI=1S/C14H16N2O2/c1-16-12(14(15)17)9-18-13-8-4-6-10-5-2-3-7-11(10)13/h2-8,12,16H,9H2,1H3,(H2,15,17). The van der Waals surface area contributed by atoms with Crippen LogP contribution in [0.3, 0.4) is 0 Å². The summed E-state index contributed by atoms with van der Waals surface area (Å²) in [4.78, 5) is 11.1. The van der Waals surface area contributed by atoms with Crippen LogP contribution in [0.15, 0.2) is 42.5 Å². The third kappa shape index (κ3) is 2.60. The van der Waals surface area contributed by atoms with E-state index >= 15 is 0 Å². The predicted octanol–water partition coefficient (Wildman–Crippen LogP) is 1.29. The van der Waals surface area contributed by atoms with Gasteiger partial charge in [0, 0.05) is 5.39 Å². The Morgan fingerprint density at radius 1 is 1.28 bits per heavy atom. The van der Waals surface area contributed by atoms with Gasteiger partial charge < -0.3 is 15.8 Å². The van der Waals surface area contributed by atoms with Crippen LogP contribution in [0.2, 0.25) is 0 Å². The Bertz CT molecular complexity index is 549. The second kappa shape index (κ2) is 5.51. The Morgan fingerprint density at radius 3 is 2.72 bits per heavy atom. The van der Waals surface area contributed by atoms with Crippen molar-refractivity contribution in [1.29, 1.82) is 0 Å². The number of carbonyl (C=O) groups excluding carboxylic acids is 1. The van der Waals surface area contributed by atoms with Crippen LogP contribution < -0.4 is 15.8 Å². The molecule has 0 aliphatic rings. The van der Waals surface area contributed by atoms with Crippen molar-refractivity contribution in [2.45, 2.75) is 6.04 Å². The van der Waals surface area contributed by atoms with Gasteiger partial charge in [-0.15, -0.1) is 0 Å². The van der Waals surface area contributed by atoms with Crippen molar-refractivity contribution >= 4 is 16.7 Å². The average molecular weight is 244 g/mol. The zero-order valence-corrected chi connectivity index (χ0v) is 10.2. The molecule has 0 aromatic heterocycles. The van der Waals surface area contributed by atoms with E-state index < -0.39 is 11.9 Å². The molecule has 0 aliphatic carbocycles. The molecule has 0 radical (unpaired) electrons. The van der Waals surface area contributed by atoms with E-state index in [0.29, 0.717) is 0 Å². The molecule has 0 saturated heterocycles. The highest BCUT2D eigenvalue weighted by molar-refractivity contribution is 5.88. The Hall–Kier alpha value is -2.07. The summed E-state index contributed by atoms with van der Waals surface area (Å²) < 4.78 is 5.67. The van der Waals surface area contributed by atoms with Crippen LogP contribution >= 0.6 is 0 Å². The van der Waals surface area contributed by atoms with E-state index in [9.17, 15) is 4.79 Å². The molecule has 0 bridgehead atoms. The maximum absolute atomic E-state index is 11.1. The van der Waals surface area contributed by atoms with Gasteiger partial charge in [0.2, 0.25) is 5.91 Å². The second-order valence-corrected chi connectivity index (χ2v) is 4.03. The lowest BCUT2D eigenvalue weighted by molar-refractivity contribution is -0.120. The zero-order chi connectivity index (χ0) is 13.0. The van der Waals surface area contributed by atoms with Gasteiger partial charge in [0.15, 0.2) is 0 Å². The average Bonchev–Trinajstić information content (AvgIpc) is 2.39. The normalized spacial score (nSPS) is 12.3. The van der Waals surface area contributed by atoms with Crippen LogP contribution in [0.1, 0.15) is 0 Å². The summed E-state index contributed by atoms with van der Waals surface area (Å²) in [5, 5.41) is 4.95. The van der Waals surface area contributed by atoms with Gasteiger partial charge in [0.1, 0.15) is 18.4 Å². The van der Waals surface area contributed by atoms with Crippen molar-refractivity contribution < 1.29 is 9.53 Å². The van der Waals surface area contributed by atoms with Gasteiger partial charge in [-0.25, -0.2) is 0 Å². The van der Waals surface area contributed by atoms with Crippen LogP contribution in [-0.4, -0.2) is 25.6 Å². The number of hydrogen-bond donors (Lipinski definition) is 2. The number of primary amides is 1. The third-order valence-corrected chi connectivity index (χ3v) is 2.85. The number of nitrogens with one attached hydrogen (secondary N) is 1. The number of ether oxygens (including phenoxy) is 1.